The average Bonchev–Trinajstić information content (AvgIpc) is 1.77. The molecule has 0 aromatic carbocycles. The molecule has 1 heterocycles. The molecule has 3 nitrogen and oxygen atoms in total. The van der Waals surface area contributed by atoms with E-state index in [4.69, 9.17) is 0 Å². The first-order valence-corrected chi connectivity index (χ1v) is 4.18. The fourth-order valence-corrected chi connectivity index (χ4v) is 1.05. The minimum Gasteiger partial charge on any atom is -0.351 e. The number of nitrogens with one attached hydrogen (secondary N) is 2. The highest BCUT2D eigenvalue weighted by Gasteiger charge is 2.18. The summed E-state index contributed by atoms with van der Waals surface area (Å²) in [7, 11) is 0. The largest absolute Gasteiger partial charge is 0.351 e. The molecule has 0 atom stereocenters. The van der Waals surface area contributed by atoms with Crippen LogP contribution >= 0.6 is 0 Å². The molecule has 0 saturated carbocycles. The lowest BCUT2D eigenvalue weighted by Gasteiger charge is -2.28. The summed E-state index contributed by atoms with van der Waals surface area (Å²) in [4.78, 5) is 11.1. The van der Waals surface area contributed by atoms with E-state index in [1.807, 2.05) is 0 Å². The number of hydrogen-bond donors (Lipinski definition) is 2. The quantitative estimate of drug-likeness (QED) is 0.609. The Morgan fingerprint density at radius 1 is 1.64 bits per heavy atom. The van der Waals surface area contributed by atoms with Gasteiger partial charge < -0.3 is 10.6 Å². The molecule has 1 aliphatic rings. The van der Waals surface area contributed by atoms with Gasteiger partial charge in [-0.1, -0.05) is 13.8 Å². The number of rotatable bonds is 3. The second kappa shape index (κ2) is 3.72. The van der Waals surface area contributed by atoms with Crippen molar-refractivity contribution in [3.63, 3.8) is 0 Å². The van der Waals surface area contributed by atoms with Gasteiger partial charge in [0, 0.05) is 19.5 Å². The molecule has 0 unspecified atom stereocenters. The van der Waals surface area contributed by atoms with E-state index in [0.717, 1.165) is 13.1 Å². The maximum Gasteiger partial charge on any atom is 0.220 e. The topological polar surface area (TPSA) is 41.1 Å². The van der Waals surface area contributed by atoms with Gasteiger partial charge in [0.25, 0.3) is 0 Å². The molecule has 1 rings (SSSR count). The Morgan fingerprint density at radius 3 is 2.64 bits per heavy atom. The van der Waals surface area contributed by atoms with Gasteiger partial charge in [-0.2, -0.15) is 0 Å². The van der Waals surface area contributed by atoms with E-state index in [-0.39, 0.29) is 5.91 Å². The second-order valence-corrected chi connectivity index (χ2v) is 3.52. The van der Waals surface area contributed by atoms with E-state index >= 15 is 0 Å². The Labute approximate surface area is 67.5 Å². The first-order valence-electron chi connectivity index (χ1n) is 4.18. The molecule has 1 amide bonds. The maximum atomic E-state index is 11.1. The zero-order chi connectivity index (χ0) is 8.27. The van der Waals surface area contributed by atoms with Crippen LogP contribution in [0.15, 0.2) is 0 Å². The van der Waals surface area contributed by atoms with Crippen LogP contribution in [-0.2, 0) is 4.79 Å². The standard InChI is InChI=1S/C8H16N2O/c1-6(2)3-8(11)10-7-4-9-5-7/h6-7,9H,3-5H2,1-2H3,(H,10,11). The minimum atomic E-state index is 0.187. The van der Waals surface area contributed by atoms with Crippen LogP contribution in [-0.4, -0.2) is 25.0 Å². The molecule has 11 heavy (non-hydrogen) atoms. The van der Waals surface area contributed by atoms with Gasteiger partial charge in [-0.25, -0.2) is 0 Å². The van der Waals surface area contributed by atoms with Gasteiger partial charge in [0.2, 0.25) is 5.91 Å². The lowest BCUT2D eigenvalue weighted by atomic mass is 10.1. The maximum absolute atomic E-state index is 11.1. The number of carbonyl (C=O) groups is 1. The highest BCUT2D eigenvalue weighted by molar-refractivity contribution is 5.76. The third kappa shape index (κ3) is 2.89. The van der Waals surface area contributed by atoms with Crippen molar-refractivity contribution in [1.82, 2.24) is 10.6 Å². The Hall–Kier alpha value is -0.570. The van der Waals surface area contributed by atoms with Crippen molar-refractivity contribution >= 4 is 5.91 Å². The third-order valence-electron chi connectivity index (χ3n) is 1.74. The molecule has 1 saturated heterocycles. The van der Waals surface area contributed by atoms with E-state index in [0.29, 0.717) is 18.4 Å². The number of carbonyl (C=O) groups excluding carboxylic acids is 1. The molecule has 0 aliphatic carbocycles. The van der Waals surface area contributed by atoms with Gasteiger partial charge in [0.05, 0.1) is 6.04 Å². The summed E-state index contributed by atoms with van der Waals surface area (Å²) in [5.41, 5.74) is 0. The van der Waals surface area contributed by atoms with Crippen molar-refractivity contribution in [1.29, 1.82) is 0 Å². The molecule has 0 bridgehead atoms. The monoisotopic (exact) mass is 156 g/mol. The Morgan fingerprint density at radius 2 is 2.27 bits per heavy atom. The molecule has 2 N–H and O–H groups in total. The second-order valence-electron chi connectivity index (χ2n) is 3.52. The summed E-state index contributed by atoms with van der Waals surface area (Å²) in [5, 5.41) is 6.05. The van der Waals surface area contributed by atoms with E-state index in [2.05, 4.69) is 24.5 Å². The summed E-state index contributed by atoms with van der Waals surface area (Å²) < 4.78 is 0. The molecule has 0 radical (unpaired) electrons. The smallest absolute Gasteiger partial charge is 0.220 e. The van der Waals surface area contributed by atoms with Gasteiger partial charge in [0.1, 0.15) is 0 Å². The fourth-order valence-electron chi connectivity index (χ4n) is 1.05. The zero-order valence-corrected chi connectivity index (χ0v) is 7.18. The van der Waals surface area contributed by atoms with Gasteiger partial charge >= 0.3 is 0 Å². The lowest BCUT2D eigenvalue weighted by Crippen LogP contribution is -2.57. The molecule has 0 spiro atoms. The highest BCUT2D eigenvalue weighted by atomic mass is 16.1. The minimum absolute atomic E-state index is 0.187. The molecule has 64 valence electrons. The van der Waals surface area contributed by atoms with Gasteiger partial charge in [0.15, 0.2) is 0 Å². The van der Waals surface area contributed by atoms with E-state index in [9.17, 15) is 4.79 Å². The average molecular weight is 156 g/mol. The molecule has 0 aromatic rings. The SMILES string of the molecule is CC(C)CC(=O)NC1CNC1. The first kappa shape index (κ1) is 8.53. The van der Waals surface area contributed by atoms with E-state index in [1.165, 1.54) is 0 Å². The third-order valence-corrected chi connectivity index (χ3v) is 1.74. The van der Waals surface area contributed by atoms with Crippen molar-refractivity contribution in [2.45, 2.75) is 26.3 Å². The van der Waals surface area contributed by atoms with Crippen LogP contribution in [0.3, 0.4) is 0 Å². The molecule has 0 aromatic heterocycles. The van der Waals surface area contributed by atoms with Crippen molar-refractivity contribution in [2.24, 2.45) is 5.92 Å². The van der Waals surface area contributed by atoms with Crippen LogP contribution in [0, 0.1) is 5.92 Å². The Bertz CT molecular complexity index is 141. The van der Waals surface area contributed by atoms with Gasteiger partial charge in [-0.3, -0.25) is 4.79 Å². The molecular weight excluding hydrogens is 140 g/mol. The van der Waals surface area contributed by atoms with Gasteiger partial charge in [-0.15, -0.1) is 0 Å². The van der Waals surface area contributed by atoms with Gasteiger partial charge in [-0.05, 0) is 5.92 Å². The van der Waals surface area contributed by atoms with Crippen LogP contribution < -0.4 is 10.6 Å². The summed E-state index contributed by atoms with van der Waals surface area (Å²) in [6, 6.07) is 0.390. The summed E-state index contributed by atoms with van der Waals surface area (Å²) in [6.45, 7) is 5.98. The van der Waals surface area contributed by atoms with Crippen LogP contribution in [0.1, 0.15) is 20.3 Å². The molecule has 3 heteroatoms. The predicted octanol–water partition coefficient (Wildman–Crippen LogP) is 0.120. The highest BCUT2D eigenvalue weighted by Crippen LogP contribution is 1.99. The van der Waals surface area contributed by atoms with Crippen LogP contribution in [0.5, 0.6) is 0 Å². The van der Waals surface area contributed by atoms with Crippen LogP contribution in [0.4, 0.5) is 0 Å². The molecular formula is C8H16N2O. The Balaban J connectivity index is 2.09. The Kier molecular flexibility index (Phi) is 2.88. The molecule has 1 aliphatic heterocycles. The summed E-state index contributed by atoms with van der Waals surface area (Å²) >= 11 is 0. The van der Waals surface area contributed by atoms with Crippen molar-refractivity contribution in [3.05, 3.63) is 0 Å². The van der Waals surface area contributed by atoms with Crippen molar-refractivity contribution in [3.8, 4) is 0 Å². The summed E-state index contributed by atoms with van der Waals surface area (Å²) in [6.07, 6.45) is 0.649. The zero-order valence-electron chi connectivity index (χ0n) is 7.18. The van der Waals surface area contributed by atoms with E-state index < -0.39 is 0 Å². The summed E-state index contributed by atoms with van der Waals surface area (Å²) in [5.74, 6) is 0.648. The van der Waals surface area contributed by atoms with Crippen molar-refractivity contribution in [2.75, 3.05) is 13.1 Å². The predicted molar refractivity (Wildman–Crippen MR) is 44.3 cm³/mol. The van der Waals surface area contributed by atoms with Crippen molar-refractivity contribution < 1.29 is 4.79 Å². The fraction of sp³-hybridized carbons (Fsp3) is 0.875. The van der Waals surface area contributed by atoms with Crippen LogP contribution in [0.2, 0.25) is 0 Å². The normalized spacial score (nSPS) is 18.1. The number of hydrogen-bond acceptors (Lipinski definition) is 2. The number of amides is 1. The lowest BCUT2D eigenvalue weighted by molar-refractivity contribution is -0.122. The first-order chi connectivity index (χ1) is 5.18. The van der Waals surface area contributed by atoms with E-state index in [1.54, 1.807) is 0 Å². The van der Waals surface area contributed by atoms with Crippen LogP contribution in [0.25, 0.3) is 0 Å². The molecule has 1 fully saturated rings.